The predicted molar refractivity (Wildman–Crippen MR) is 102 cm³/mol. The second-order valence-electron chi connectivity index (χ2n) is 7.03. The minimum absolute atomic E-state index is 0.207. The van der Waals surface area contributed by atoms with Crippen molar-refractivity contribution in [3.8, 4) is 5.75 Å². The highest BCUT2D eigenvalue weighted by atomic mass is 16.5. The molecule has 0 bridgehead atoms. The molecule has 1 fully saturated rings. The second kappa shape index (κ2) is 8.34. The van der Waals surface area contributed by atoms with Crippen molar-refractivity contribution in [2.24, 2.45) is 5.92 Å². The Hall–Kier alpha value is -2.07. The van der Waals surface area contributed by atoms with Crippen LogP contribution in [-0.4, -0.2) is 56.0 Å². The van der Waals surface area contributed by atoms with Gasteiger partial charge in [0.25, 0.3) is 0 Å². The highest BCUT2D eigenvalue weighted by Gasteiger charge is 2.25. The van der Waals surface area contributed by atoms with Crippen LogP contribution in [0.1, 0.15) is 19.3 Å². The van der Waals surface area contributed by atoms with E-state index in [1.807, 2.05) is 32.3 Å². The van der Waals surface area contributed by atoms with Gasteiger partial charge in [-0.3, -0.25) is 4.79 Å². The van der Waals surface area contributed by atoms with Crippen molar-refractivity contribution >= 4 is 16.7 Å². The fourth-order valence-electron chi connectivity index (χ4n) is 3.56. The summed E-state index contributed by atoms with van der Waals surface area (Å²) in [6, 6.07) is 14.5. The van der Waals surface area contributed by atoms with Gasteiger partial charge in [-0.05, 0) is 43.8 Å². The quantitative estimate of drug-likeness (QED) is 0.756. The third-order valence-corrected chi connectivity index (χ3v) is 5.00. The Kier molecular flexibility index (Phi) is 5.92. The van der Waals surface area contributed by atoms with Crippen LogP contribution in [0, 0.1) is 5.92 Å². The van der Waals surface area contributed by atoms with Gasteiger partial charge in [-0.1, -0.05) is 36.4 Å². The summed E-state index contributed by atoms with van der Waals surface area (Å²) in [4.78, 5) is 16.2. The lowest BCUT2D eigenvalue weighted by Gasteiger charge is -2.32. The highest BCUT2D eigenvalue weighted by molar-refractivity contribution is 5.88. The molecule has 0 radical (unpaired) electrons. The zero-order valence-corrected chi connectivity index (χ0v) is 15.3. The first-order valence-electron chi connectivity index (χ1n) is 9.19. The van der Waals surface area contributed by atoms with E-state index in [-0.39, 0.29) is 11.8 Å². The van der Waals surface area contributed by atoms with Crippen molar-refractivity contribution in [1.29, 1.82) is 0 Å². The molecule has 0 aromatic heterocycles. The lowest BCUT2D eigenvalue weighted by atomic mass is 9.95. The van der Waals surface area contributed by atoms with Crippen molar-refractivity contribution in [2.75, 3.05) is 40.3 Å². The van der Waals surface area contributed by atoms with E-state index in [0.29, 0.717) is 0 Å². The lowest BCUT2D eigenvalue weighted by molar-refractivity contribution is -0.134. The van der Waals surface area contributed by atoms with Gasteiger partial charge in [0.2, 0.25) is 5.91 Å². The Morgan fingerprint density at radius 3 is 2.60 bits per heavy atom. The molecule has 0 N–H and O–H groups in total. The predicted octanol–water partition coefficient (Wildman–Crippen LogP) is 3.41. The molecule has 1 aliphatic heterocycles. The SMILES string of the molecule is CN(C)C(=O)C1CCN(CCCOc2cccc3ccccc23)CC1. The molecule has 0 aliphatic carbocycles. The van der Waals surface area contributed by atoms with Crippen molar-refractivity contribution in [3.05, 3.63) is 42.5 Å². The van der Waals surface area contributed by atoms with Gasteiger partial charge in [-0.2, -0.15) is 0 Å². The first-order valence-corrected chi connectivity index (χ1v) is 9.19. The third-order valence-electron chi connectivity index (χ3n) is 5.00. The lowest BCUT2D eigenvalue weighted by Crippen LogP contribution is -2.40. The first kappa shape index (κ1) is 17.7. The van der Waals surface area contributed by atoms with Gasteiger partial charge >= 0.3 is 0 Å². The average Bonchev–Trinajstić information content (AvgIpc) is 2.65. The average molecular weight is 340 g/mol. The third kappa shape index (κ3) is 4.51. The van der Waals surface area contributed by atoms with Gasteiger partial charge in [0.15, 0.2) is 0 Å². The van der Waals surface area contributed by atoms with E-state index < -0.39 is 0 Å². The van der Waals surface area contributed by atoms with E-state index in [2.05, 4.69) is 29.2 Å². The van der Waals surface area contributed by atoms with Crippen LogP contribution >= 0.6 is 0 Å². The summed E-state index contributed by atoms with van der Waals surface area (Å²) < 4.78 is 6.01. The molecular weight excluding hydrogens is 312 g/mol. The molecule has 134 valence electrons. The molecule has 4 nitrogen and oxygen atoms in total. The minimum Gasteiger partial charge on any atom is -0.493 e. The largest absolute Gasteiger partial charge is 0.493 e. The summed E-state index contributed by atoms with van der Waals surface area (Å²) in [7, 11) is 3.69. The van der Waals surface area contributed by atoms with Crippen LogP contribution < -0.4 is 4.74 Å². The van der Waals surface area contributed by atoms with Crippen LogP contribution in [-0.2, 0) is 4.79 Å². The van der Waals surface area contributed by atoms with Crippen LogP contribution in [0.4, 0.5) is 0 Å². The normalized spacial score (nSPS) is 16.1. The molecule has 1 saturated heterocycles. The summed E-state index contributed by atoms with van der Waals surface area (Å²) in [5.41, 5.74) is 0. The molecule has 2 aromatic carbocycles. The number of fused-ring (bicyclic) bond motifs is 1. The van der Waals surface area contributed by atoms with Crippen molar-refractivity contribution in [2.45, 2.75) is 19.3 Å². The molecule has 25 heavy (non-hydrogen) atoms. The number of hydrogen-bond donors (Lipinski definition) is 0. The van der Waals surface area contributed by atoms with E-state index in [1.54, 1.807) is 4.90 Å². The topological polar surface area (TPSA) is 32.8 Å². The number of amides is 1. The van der Waals surface area contributed by atoms with E-state index in [1.165, 1.54) is 10.8 Å². The number of rotatable bonds is 6. The Morgan fingerprint density at radius 2 is 1.84 bits per heavy atom. The minimum atomic E-state index is 0.207. The van der Waals surface area contributed by atoms with Crippen molar-refractivity contribution in [3.63, 3.8) is 0 Å². The summed E-state index contributed by atoms with van der Waals surface area (Å²) in [5, 5.41) is 2.39. The number of nitrogens with zero attached hydrogens (tertiary/aromatic N) is 2. The van der Waals surface area contributed by atoms with E-state index in [4.69, 9.17) is 4.74 Å². The molecule has 1 heterocycles. The molecule has 0 spiro atoms. The number of piperidine rings is 1. The van der Waals surface area contributed by atoms with Gasteiger partial charge in [-0.25, -0.2) is 0 Å². The molecule has 0 saturated carbocycles. The Morgan fingerprint density at radius 1 is 1.12 bits per heavy atom. The van der Waals surface area contributed by atoms with Crippen molar-refractivity contribution < 1.29 is 9.53 Å². The van der Waals surface area contributed by atoms with Crippen molar-refractivity contribution in [1.82, 2.24) is 9.80 Å². The van der Waals surface area contributed by atoms with Gasteiger partial charge in [-0.15, -0.1) is 0 Å². The molecule has 1 amide bonds. The molecule has 3 rings (SSSR count). The summed E-state index contributed by atoms with van der Waals surface area (Å²) in [5.74, 6) is 1.45. The molecule has 4 heteroatoms. The van der Waals surface area contributed by atoms with Gasteiger partial charge in [0.1, 0.15) is 5.75 Å². The number of ether oxygens (including phenoxy) is 1. The molecule has 2 aromatic rings. The Bertz CT molecular complexity index is 701. The highest BCUT2D eigenvalue weighted by Crippen LogP contribution is 2.25. The molecular formula is C21H28N2O2. The van der Waals surface area contributed by atoms with E-state index in [0.717, 1.165) is 51.3 Å². The fourth-order valence-corrected chi connectivity index (χ4v) is 3.56. The standard InChI is InChI=1S/C21H28N2O2/c1-22(2)21(24)18-11-14-23(15-12-18)13-6-16-25-20-10-5-8-17-7-3-4-9-19(17)20/h3-5,7-10,18H,6,11-16H2,1-2H3. The number of benzene rings is 2. The fraction of sp³-hybridized carbons (Fsp3) is 0.476. The zero-order chi connectivity index (χ0) is 17.6. The second-order valence-corrected chi connectivity index (χ2v) is 7.03. The number of carbonyl (C=O) groups excluding carboxylic acids is 1. The Balaban J connectivity index is 1.41. The van der Waals surface area contributed by atoms with Gasteiger partial charge in [0.05, 0.1) is 6.61 Å². The number of likely N-dealkylation sites (tertiary alicyclic amines) is 1. The summed E-state index contributed by atoms with van der Waals surface area (Å²) >= 11 is 0. The number of hydrogen-bond acceptors (Lipinski definition) is 3. The van der Waals surface area contributed by atoms with Gasteiger partial charge in [0, 0.05) is 31.9 Å². The van der Waals surface area contributed by atoms with Crippen LogP contribution in [0.3, 0.4) is 0 Å². The first-order chi connectivity index (χ1) is 12.1. The smallest absolute Gasteiger partial charge is 0.225 e. The molecule has 0 atom stereocenters. The van der Waals surface area contributed by atoms with Crippen LogP contribution in [0.25, 0.3) is 10.8 Å². The maximum Gasteiger partial charge on any atom is 0.225 e. The molecule has 1 aliphatic rings. The van der Waals surface area contributed by atoms with E-state index >= 15 is 0 Å². The maximum absolute atomic E-state index is 12.0. The Labute approximate surface area is 150 Å². The van der Waals surface area contributed by atoms with Crippen LogP contribution in [0.5, 0.6) is 5.75 Å². The zero-order valence-electron chi connectivity index (χ0n) is 15.3. The summed E-state index contributed by atoms with van der Waals surface area (Å²) in [6.07, 6.45) is 2.96. The summed E-state index contributed by atoms with van der Waals surface area (Å²) in [6.45, 7) is 3.79. The number of carbonyl (C=O) groups is 1. The van der Waals surface area contributed by atoms with E-state index in [9.17, 15) is 4.79 Å². The molecule has 0 unspecified atom stereocenters. The maximum atomic E-state index is 12.0. The monoisotopic (exact) mass is 340 g/mol. The van der Waals surface area contributed by atoms with Crippen LogP contribution in [0.2, 0.25) is 0 Å². The van der Waals surface area contributed by atoms with Gasteiger partial charge < -0.3 is 14.5 Å². The van der Waals surface area contributed by atoms with Crippen LogP contribution in [0.15, 0.2) is 42.5 Å².